The zero-order chi connectivity index (χ0) is 27.1. The van der Waals surface area contributed by atoms with Gasteiger partial charge < -0.3 is 25.0 Å². The summed E-state index contributed by atoms with van der Waals surface area (Å²) in [5.41, 5.74) is 1.14. The molecule has 3 N–H and O–H groups in total. The minimum atomic E-state index is -1.40. The second-order valence-electron chi connectivity index (χ2n) is 7.57. The van der Waals surface area contributed by atoms with Crippen LogP contribution >= 0.6 is 39.9 Å². The summed E-state index contributed by atoms with van der Waals surface area (Å²) < 4.78 is 11.5. The number of anilines is 1. The van der Waals surface area contributed by atoms with Crippen molar-refractivity contribution in [2.24, 2.45) is 0 Å². The lowest BCUT2D eigenvalue weighted by atomic mass is 10.1. The maximum absolute atomic E-state index is 13.0. The van der Waals surface area contributed by atoms with E-state index in [1.165, 1.54) is 13.2 Å². The average molecular weight is 609 g/mol. The number of methoxy groups -OCH3 is 1. The number of rotatable bonds is 11. The molecule has 0 aromatic heterocycles. The van der Waals surface area contributed by atoms with E-state index >= 15 is 0 Å². The Kier molecular flexibility index (Phi) is 9.66. The number of halogens is 1. The van der Waals surface area contributed by atoms with Crippen molar-refractivity contribution >= 4 is 79.7 Å². The highest BCUT2D eigenvalue weighted by Gasteiger charge is 2.40. The third kappa shape index (κ3) is 7.31. The molecule has 0 bridgehead atoms. The number of ether oxygens (including phenoxy) is 2. The molecule has 2 aromatic carbocycles. The highest BCUT2D eigenvalue weighted by molar-refractivity contribution is 9.10. The van der Waals surface area contributed by atoms with Crippen LogP contribution < -0.4 is 14.8 Å². The second kappa shape index (κ2) is 12.7. The highest BCUT2D eigenvalue weighted by atomic mass is 79.9. The van der Waals surface area contributed by atoms with E-state index in [1.807, 2.05) is 6.07 Å². The molecule has 0 spiro atoms. The molecule has 0 aliphatic carbocycles. The zero-order valence-electron chi connectivity index (χ0n) is 19.3. The molecule has 1 aliphatic heterocycles. The van der Waals surface area contributed by atoms with Gasteiger partial charge in [-0.1, -0.05) is 58.1 Å². The number of thiocarbonyl (C=S) groups is 1. The first-order chi connectivity index (χ1) is 17.6. The molecular formula is C24H21BrN2O8S2. The summed E-state index contributed by atoms with van der Waals surface area (Å²) >= 11 is 9.54. The number of hydrogen-bond donors (Lipinski definition) is 3. The van der Waals surface area contributed by atoms with E-state index < -0.39 is 30.3 Å². The van der Waals surface area contributed by atoms with Gasteiger partial charge in [0.2, 0.25) is 0 Å². The van der Waals surface area contributed by atoms with Crippen molar-refractivity contribution in [2.45, 2.75) is 18.9 Å². The van der Waals surface area contributed by atoms with Crippen LogP contribution in [0.5, 0.6) is 11.5 Å². The van der Waals surface area contributed by atoms with Crippen molar-refractivity contribution in [1.82, 2.24) is 4.90 Å². The van der Waals surface area contributed by atoms with Gasteiger partial charge in [0.1, 0.15) is 10.4 Å². The minimum Gasteiger partial charge on any atom is -0.493 e. The summed E-state index contributed by atoms with van der Waals surface area (Å²) in [5, 5.41) is 21.2. The van der Waals surface area contributed by atoms with Crippen LogP contribution in [-0.2, 0) is 19.2 Å². The van der Waals surface area contributed by atoms with E-state index in [2.05, 4.69) is 21.2 Å². The standard InChI is InChI=1S/C24H21BrN2O8S2/c1-34-17-9-13(15(25)11-18(17)35-12-20(28)26-14-5-3-2-4-6-14)10-19-22(31)27(24(36)37-19)16(23(32)33)7-8-21(29)30/h2-6,9-11,16H,7-8,12H2,1H3,(H,26,28)(H,29,30)(H,32,33)/b19-10+/t16-/m0/s1. The molecule has 1 saturated heterocycles. The Morgan fingerprint density at radius 3 is 2.51 bits per heavy atom. The number of carbonyl (C=O) groups excluding carboxylic acids is 2. The lowest BCUT2D eigenvalue weighted by molar-refractivity contribution is -0.146. The van der Waals surface area contributed by atoms with Crippen molar-refractivity contribution in [3.8, 4) is 11.5 Å². The van der Waals surface area contributed by atoms with E-state index in [-0.39, 0.29) is 33.9 Å². The molecule has 1 atom stereocenters. The Balaban J connectivity index is 1.77. The van der Waals surface area contributed by atoms with Crippen LogP contribution in [0, 0.1) is 0 Å². The molecule has 10 nitrogen and oxygen atoms in total. The molecule has 37 heavy (non-hydrogen) atoms. The van der Waals surface area contributed by atoms with Crippen molar-refractivity contribution < 1.29 is 38.9 Å². The lowest BCUT2D eigenvalue weighted by Crippen LogP contribution is -2.44. The number of hydrogen-bond acceptors (Lipinski definition) is 8. The van der Waals surface area contributed by atoms with Gasteiger partial charge in [-0.25, -0.2) is 4.79 Å². The molecule has 2 aromatic rings. The second-order valence-corrected chi connectivity index (χ2v) is 10.1. The molecule has 3 rings (SSSR count). The molecule has 1 heterocycles. The number of carboxylic acid groups (broad SMARTS) is 2. The number of carbonyl (C=O) groups is 4. The first-order valence-electron chi connectivity index (χ1n) is 10.7. The summed E-state index contributed by atoms with van der Waals surface area (Å²) in [6.45, 7) is -0.275. The van der Waals surface area contributed by atoms with Gasteiger partial charge in [-0.2, -0.15) is 0 Å². The molecule has 13 heteroatoms. The molecule has 0 saturated carbocycles. The average Bonchev–Trinajstić information content (AvgIpc) is 3.12. The van der Waals surface area contributed by atoms with Crippen LogP contribution in [0.4, 0.5) is 5.69 Å². The van der Waals surface area contributed by atoms with Gasteiger partial charge >= 0.3 is 11.9 Å². The Hall–Kier alpha value is -3.42. The third-order valence-electron chi connectivity index (χ3n) is 5.04. The Morgan fingerprint density at radius 1 is 1.19 bits per heavy atom. The summed E-state index contributed by atoms with van der Waals surface area (Å²) in [4.78, 5) is 48.9. The maximum Gasteiger partial charge on any atom is 0.326 e. The summed E-state index contributed by atoms with van der Waals surface area (Å²) in [6, 6.07) is 10.7. The number of nitrogens with one attached hydrogen (secondary N) is 1. The van der Waals surface area contributed by atoms with Crippen LogP contribution in [0.1, 0.15) is 18.4 Å². The quantitative estimate of drug-likeness (QED) is 0.253. The minimum absolute atomic E-state index is 0.0153. The molecule has 194 valence electrons. The number of aliphatic carboxylic acids is 2. The monoisotopic (exact) mass is 608 g/mol. The zero-order valence-corrected chi connectivity index (χ0v) is 22.5. The summed E-state index contributed by atoms with van der Waals surface area (Å²) in [5.74, 6) is -2.96. The van der Waals surface area contributed by atoms with E-state index in [1.54, 1.807) is 36.4 Å². The van der Waals surface area contributed by atoms with Crippen LogP contribution in [0.2, 0.25) is 0 Å². The molecule has 0 radical (unpaired) electrons. The number of amides is 2. The van der Waals surface area contributed by atoms with Gasteiger partial charge in [0, 0.05) is 16.6 Å². The first-order valence-corrected chi connectivity index (χ1v) is 12.7. The molecule has 1 fully saturated rings. The smallest absolute Gasteiger partial charge is 0.326 e. The van der Waals surface area contributed by atoms with E-state index in [0.29, 0.717) is 21.5 Å². The number of nitrogens with zero attached hydrogens (tertiary/aromatic N) is 1. The molecule has 0 unspecified atom stereocenters. The van der Waals surface area contributed by atoms with Gasteiger partial charge in [-0.15, -0.1) is 0 Å². The van der Waals surface area contributed by atoms with Crippen molar-refractivity contribution in [2.75, 3.05) is 19.0 Å². The SMILES string of the molecule is COc1cc(/C=C2/SC(=S)N([C@@H](CCC(=O)O)C(=O)O)C2=O)c(Br)cc1OCC(=O)Nc1ccccc1. The van der Waals surface area contributed by atoms with E-state index in [9.17, 15) is 24.3 Å². The predicted molar refractivity (Wildman–Crippen MR) is 145 cm³/mol. The predicted octanol–water partition coefficient (Wildman–Crippen LogP) is 3.99. The topological polar surface area (TPSA) is 142 Å². The molecule has 2 amide bonds. The highest BCUT2D eigenvalue weighted by Crippen LogP contribution is 2.39. The van der Waals surface area contributed by atoms with Gasteiger partial charge in [0.25, 0.3) is 11.8 Å². The van der Waals surface area contributed by atoms with E-state index in [0.717, 1.165) is 16.7 Å². The van der Waals surface area contributed by atoms with Crippen LogP contribution in [0.15, 0.2) is 51.8 Å². The summed E-state index contributed by atoms with van der Waals surface area (Å²) in [6.07, 6.45) is 0.792. The normalized spacial score (nSPS) is 15.0. The fraction of sp³-hybridized carbons (Fsp3) is 0.208. The van der Waals surface area contributed by atoms with Gasteiger partial charge in [-0.05, 0) is 42.3 Å². The largest absolute Gasteiger partial charge is 0.493 e. The van der Waals surface area contributed by atoms with Gasteiger partial charge in [-0.3, -0.25) is 19.3 Å². The fourth-order valence-corrected chi connectivity index (χ4v) is 5.09. The van der Waals surface area contributed by atoms with Crippen LogP contribution in [-0.4, -0.2) is 62.9 Å². The Bertz CT molecular complexity index is 1270. The Labute approximate surface area is 229 Å². The third-order valence-corrected chi connectivity index (χ3v) is 7.05. The molecular weight excluding hydrogens is 588 g/mol. The van der Waals surface area contributed by atoms with Crippen molar-refractivity contribution in [1.29, 1.82) is 0 Å². The van der Waals surface area contributed by atoms with E-state index in [4.69, 9.17) is 26.8 Å². The fourth-order valence-electron chi connectivity index (χ4n) is 3.31. The number of benzene rings is 2. The number of para-hydroxylation sites is 1. The van der Waals surface area contributed by atoms with Crippen LogP contribution in [0.25, 0.3) is 6.08 Å². The van der Waals surface area contributed by atoms with Gasteiger partial charge in [0.05, 0.1) is 12.0 Å². The van der Waals surface area contributed by atoms with Crippen molar-refractivity contribution in [3.05, 3.63) is 57.4 Å². The Morgan fingerprint density at radius 2 is 1.89 bits per heavy atom. The van der Waals surface area contributed by atoms with Crippen LogP contribution in [0.3, 0.4) is 0 Å². The first kappa shape index (κ1) is 28.2. The molecule has 1 aliphatic rings. The van der Waals surface area contributed by atoms with Gasteiger partial charge in [0.15, 0.2) is 18.1 Å². The lowest BCUT2D eigenvalue weighted by Gasteiger charge is -2.22. The number of thioether (sulfide) groups is 1. The summed E-state index contributed by atoms with van der Waals surface area (Å²) in [7, 11) is 1.42. The number of carboxylic acids is 2. The van der Waals surface area contributed by atoms with Crippen molar-refractivity contribution in [3.63, 3.8) is 0 Å². The maximum atomic E-state index is 13.0.